The monoisotopic (exact) mass is 274 g/mol. The van der Waals surface area contributed by atoms with E-state index in [4.69, 9.17) is 4.98 Å². The molecule has 1 aliphatic rings. The predicted octanol–water partition coefficient (Wildman–Crippen LogP) is 4.95. The van der Waals surface area contributed by atoms with Crippen LogP contribution in [0.3, 0.4) is 0 Å². The van der Waals surface area contributed by atoms with Crippen molar-refractivity contribution in [3.05, 3.63) is 23.8 Å². The molecule has 0 amide bonds. The molecule has 1 aromatic heterocycles. The van der Waals surface area contributed by atoms with Gasteiger partial charge in [-0.3, -0.25) is 0 Å². The van der Waals surface area contributed by atoms with Crippen molar-refractivity contribution in [2.45, 2.75) is 57.9 Å². The molecule has 1 aliphatic carbocycles. The molecule has 2 nitrogen and oxygen atoms in total. The van der Waals surface area contributed by atoms with E-state index in [1.807, 2.05) is 0 Å². The van der Waals surface area contributed by atoms with Crippen molar-refractivity contribution in [1.82, 2.24) is 4.98 Å². The van der Waals surface area contributed by atoms with Gasteiger partial charge in [0.2, 0.25) is 0 Å². The Bertz CT molecular complexity index is 574. The Morgan fingerprint density at radius 3 is 2.63 bits per heavy atom. The van der Waals surface area contributed by atoms with E-state index < -0.39 is 0 Å². The standard InChI is InChI=1S/C16H22N2S/c1-16(2,3)11-8-9-13-14(10-11)19-15(18-13)17-12-6-4-5-7-12/h8-10,12H,4-7H2,1-3H3,(H,17,18). The Morgan fingerprint density at radius 2 is 1.95 bits per heavy atom. The van der Waals surface area contributed by atoms with E-state index in [2.05, 4.69) is 44.3 Å². The van der Waals surface area contributed by atoms with Gasteiger partial charge in [-0.15, -0.1) is 0 Å². The number of aromatic nitrogens is 1. The number of hydrogen-bond donors (Lipinski definition) is 1. The summed E-state index contributed by atoms with van der Waals surface area (Å²) < 4.78 is 1.30. The Morgan fingerprint density at radius 1 is 1.21 bits per heavy atom. The number of benzene rings is 1. The molecule has 0 aliphatic heterocycles. The molecule has 0 spiro atoms. The first-order valence-corrected chi connectivity index (χ1v) is 8.02. The van der Waals surface area contributed by atoms with Crippen molar-refractivity contribution in [2.75, 3.05) is 5.32 Å². The SMILES string of the molecule is CC(C)(C)c1ccc2nc(NC3CCCC3)sc2c1. The van der Waals surface area contributed by atoms with Crippen LogP contribution in [0.1, 0.15) is 52.0 Å². The lowest BCUT2D eigenvalue weighted by Crippen LogP contribution is -2.13. The molecule has 3 heteroatoms. The Hall–Kier alpha value is -1.09. The summed E-state index contributed by atoms with van der Waals surface area (Å²) >= 11 is 1.79. The lowest BCUT2D eigenvalue weighted by atomic mass is 9.87. The van der Waals surface area contributed by atoms with Crippen molar-refractivity contribution in [1.29, 1.82) is 0 Å². The Balaban J connectivity index is 1.87. The van der Waals surface area contributed by atoms with Gasteiger partial charge in [0.25, 0.3) is 0 Å². The van der Waals surface area contributed by atoms with Crippen molar-refractivity contribution in [3.63, 3.8) is 0 Å². The van der Waals surface area contributed by atoms with Gasteiger partial charge in [0.05, 0.1) is 10.2 Å². The first-order valence-electron chi connectivity index (χ1n) is 7.20. The molecule has 3 rings (SSSR count). The van der Waals surface area contributed by atoms with Gasteiger partial charge in [-0.1, -0.05) is 51.0 Å². The molecule has 1 aromatic carbocycles. The highest BCUT2D eigenvalue weighted by Crippen LogP contribution is 2.32. The molecule has 0 radical (unpaired) electrons. The third-order valence-electron chi connectivity index (χ3n) is 3.94. The molecular formula is C16H22N2S. The number of nitrogens with one attached hydrogen (secondary N) is 1. The maximum Gasteiger partial charge on any atom is 0.184 e. The summed E-state index contributed by atoms with van der Waals surface area (Å²) in [4.78, 5) is 4.71. The topological polar surface area (TPSA) is 24.9 Å². The zero-order valence-electron chi connectivity index (χ0n) is 12.0. The molecule has 19 heavy (non-hydrogen) atoms. The van der Waals surface area contributed by atoms with E-state index in [1.54, 1.807) is 11.3 Å². The van der Waals surface area contributed by atoms with E-state index in [0.29, 0.717) is 6.04 Å². The minimum absolute atomic E-state index is 0.206. The maximum absolute atomic E-state index is 4.71. The summed E-state index contributed by atoms with van der Waals surface area (Å²) in [5.41, 5.74) is 2.71. The fourth-order valence-corrected chi connectivity index (χ4v) is 3.68. The number of thiazole rings is 1. The van der Waals surface area contributed by atoms with Crippen LogP contribution in [0, 0.1) is 0 Å². The molecular weight excluding hydrogens is 252 g/mol. The number of rotatable bonds is 2. The second kappa shape index (κ2) is 4.78. The summed E-state index contributed by atoms with van der Waals surface area (Å²) in [6, 6.07) is 7.31. The van der Waals surface area contributed by atoms with Gasteiger partial charge < -0.3 is 5.32 Å². The second-order valence-electron chi connectivity index (χ2n) is 6.58. The zero-order valence-corrected chi connectivity index (χ0v) is 12.8. The van der Waals surface area contributed by atoms with Crippen LogP contribution >= 0.6 is 11.3 Å². The minimum atomic E-state index is 0.206. The predicted molar refractivity (Wildman–Crippen MR) is 84.2 cm³/mol. The van der Waals surface area contributed by atoms with Crippen LogP contribution in [0.5, 0.6) is 0 Å². The van der Waals surface area contributed by atoms with E-state index in [9.17, 15) is 0 Å². The number of hydrogen-bond acceptors (Lipinski definition) is 3. The van der Waals surface area contributed by atoms with Gasteiger partial charge in [0.15, 0.2) is 5.13 Å². The summed E-state index contributed by atoms with van der Waals surface area (Å²) in [6.45, 7) is 6.77. The van der Waals surface area contributed by atoms with Crippen molar-refractivity contribution >= 4 is 26.7 Å². The molecule has 0 atom stereocenters. The average Bonchev–Trinajstić information content (AvgIpc) is 2.95. The fraction of sp³-hybridized carbons (Fsp3) is 0.562. The maximum atomic E-state index is 4.71. The van der Waals surface area contributed by atoms with Crippen LogP contribution in [0.25, 0.3) is 10.2 Å². The summed E-state index contributed by atoms with van der Waals surface area (Å²) in [5.74, 6) is 0. The highest BCUT2D eigenvalue weighted by molar-refractivity contribution is 7.22. The van der Waals surface area contributed by atoms with Crippen LogP contribution in [-0.2, 0) is 5.41 Å². The number of fused-ring (bicyclic) bond motifs is 1. The van der Waals surface area contributed by atoms with Crippen molar-refractivity contribution < 1.29 is 0 Å². The van der Waals surface area contributed by atoms with Crippen LogP contribution in [0.4, 0.5) is 5.13 Å². The lowest BCUT2D eigenvalue weighted by Gasteiger charge is -2.18. The molecule has 1 fully saturated rings. The second-order valence-corrected chi connectivity index (χ2v) is 7.61. The van der Waals surface area contributed by atoms with E-state index in [0.717, 1.165) is 10.6 Å². The quantitative estimate of drug-likeness (QED) is 0.838. The Kier molecular flexibility index (Phi) is 3.25. The highest BCUT2D eigenvalue weighted by Gasteiger charge is 2.18. The molecule has 1 saturated carbocycles. The van der Waals surface area contributed by atoms with Crippen LogP contribution in [-0.4, -0.2) is 11.0 Å². The third-order valence-corrected chi connectivity index (χ3v) is 4.89. The van der Waals surface area contributed by atoms with Gasteiger partial charge in [-0.25, -0.2) is 4.98 Å². The van der Waals surface area contributed by atoms with Crippen molar-refractivity contribution in [3.8, 4) is 0 Å². The fourth-order valence-electron chi connectivity index (χ4n) is 2.70. The first-order chi connectivity index (χ1) is 9.02. The van der Waals surface area contributed by atoms with Gasteiger partial charge in [-0.05, 0) is 36.0 Å². The van der Waals surface area contributed by atoms with Gasteiger partial charge in [0, 0.05) is 6.04 Å². The molecule has 2 aromatic rings. The van der Waals surface area contributed by atoms with Gasteiger partial charge >= 0.3 is 0 Å². The first kappa shape index (κ1) is 12.9. The zero-order chi connectivity index (χ0) is 13.5. The normalized spacial score (nSPS) is 17.2. The highest BCUT2D eigenvalue weighted by atomic mass is 32.1. The molecule has 1 N–H and O–H groups in total. The minimum Gasteiger partial charge on any atom is -0.359 e. The average molecular weight is 274 g/mol. The summed E-state index contributed by atoms with van der Waals surface area (Å²) in [6.07, 6.45) is 5.31. The Labute approximate surface area is 119 Å². The van der Waals surface area contributed by atoms with Crippen LogP contribution in [0.2, 0.25) is 0 Å². The molecule has 102 valence electrons. The summed E-state index contributed by atoms with van der Waals surface area (Å²) in [7, 11) is 0. The van der Waals surface area contributed by atoms with E-state index >= 15 is 0 Å². The van der Waals surface area contributed by atoms with E-state index in [1.165, 1.54) is 35.9 Å². The van der Waals surface area contributed by atoms with E-state index in [-0.39, 0.29) is 5.41 Å². The number of anilines is 1. The van der Waals surface area contributed by atoms with Crippen molar-refractivity contribution in [2.24, 2.45) is 0 Å². The smallest absolute Gasteiger partial charge is 0.184 e. The van der Waals surface area contributed by atoms with Crippen LogP contribution < -0.4 is 5.32 Å². The largest absolute Gasteiger partial charge is 0.359 e. The van der Waals surface area contributed by atoms with Gasteiger partial charge in [0.1, 0.15) is 0 Å². The molecule has 0 bridgehead atoms. The number of nitrogens with zero attached hydrogens (tertiary/aromatic N) is 1. The lowest BCUT2D eigenvalue weighted by molar-refractivity contribution is 0.591. The molecule has 0 saturated heterocycles. The molecule has 0 unspecified atom stereocenters. The third kappa shape index (κ3) is 2.76. The van der Waals surface area contributed by atoms with Crippen LogP contribution in [0.15, 0.2) is 18.2 Å². The summed E-state index contributed by atoms with van der Waals surface area (Å²) in [5, 5.41) is 4.69. The van der Waals surface area contributed by atoms with Gasteiger partial charge in [-0.2, -0.15) is 0 Å². The molecule has 1 heterocycles.